The Morgan fingerprint density at radius 1 is 1.29 bits per heavy atom. The van der Waals surface area contributed by atoms with E-state index in [0.29, 0.717) is 6.61 Å². The Hall–Kier alpha value is -1.85. The molecule has 0 aliphatic rings. The molecule has 1 aromatic carbocycles. The number of benzene rings is 1. The highest BCUT2D eigenvalue weighted by molar-refractivity contribution is 7.12. The van der Waals surface area contributed by atoms with Crippen LogP contribution in [0.1, 0.15) is 22.2 Å². The molecule has 1 aromatic heterocycles. The normalized spacial score (nSPS) is 12.0. The fourth-order valence-corrected chi connectivity index (χ4v) is 2.88. The summed E-state index contributed by atoms with van der Waals surface area (Å²) in [6, 6.07) is 9.80. The maximum Gasteiger partial charge on any atom is 0.266 e. The van der Waals surface area contributed by atoms with Crippen LogP contribution in [0.15, 0.2) is 35.7 Å². The SMILES string of the molecule is COC[C@H](C)Nc1ccccc1NC(=O)c1sccc1C. The number of carbonyl (C=O) groups excluding carboxylic acids is 1. The smallest absolute Gasteiger partial charge is 0.266 e. The van der Waals surface area contributed by atoms with E-state index in [-0.39, 0.29) is 11.9 Å². The van der Waals surface area contributed by atoms with Crippen molar-refractivity contribution in [2.75, 3.05) is 24.4 Å². The van der Waals surface area contributed by atoms with Gasteiger partial charge in [0.05, 0.1) is 22.9 Å². The first kappa shape index (κ1) is 15.5. The van der Waals surface area contributed by atoms with Crippen molar-refractivity contribution >= 4 is 28.6 Å². The third-order valence-electron chi connectivity index (χ3n) is 3.06. The van der Waals surface area contributed by atoms with Gasteiger partial charge < -0.3 is 15.4 Å². The van der Waals surface area contributed by atoms with E-state index in [0.717, 1.165) is 21.8 Å². The van der Waals surface area contributed by atoms with Gasteiger partial charge in [-0.2, -0.15) is 0 Å². The summed E-state index contributed by atoms with van der Waals surface area (Å²) in [5.74, 6) is -0.0730. The Balaban J connectivity index is 2.13. The second-order valence-corrected chi connectivity index (χ2v) is 5.85. The monoisotopic (exact) mass is 304 g/mol. The second kappa shape index (κ2) is 7.24. The van der Waals surface area contributed by atoms with Crippen molar-refractivity contribution < 1.29 is 9.53 Å². The van der Waals surface area contributed by atoms with Crippen molar-refractivity contribution in [1.29, 1.82) is 0 Å². The minimum atomic E-state index is -0.0730. The molecule has 0 saturated carbocycles. The molecular formula is C16H20N2O2S. The Labute approximate surface area is 129 Å². The van der Waals surface area contributed by atoms with E-state index < -0.39 is 0 Å². The van der Waals surface area contributed by atoms with Crippen LogP contribution in [0.5, 0.6) is 0 Å². The van der Waals surface area contributed by atoms with E-state index in [2.05, 4.69) is 10.6 Å². The molecule has 2 rings (SSSR count). The number of nitrogens with one attached hydrogen (secondary N) is 2. The van der Waals surface area contributed by atoms with Gasteiger partial charge >= 0.3 is 0 Å². The van der Waals surface area contributed by atoms with E-state index in [4.69, 9.17) is 4.74 Å². The Morgan fingerprint density at radius 2 is 2.00 bits per heavy atom. The molecule has 1 atom stereocenters. The van der Waals surface area contributed by atoms with Gasteiger partial charge in [-0.05, 0) is 43.0 Å². The average Bonchev–Trinajstić information content (AvgIpc) is 2.87. The minimum absolute atomic E-state index is 0.0730. The zero-order chi connectivity index (χ0) is 15.2. The summed E-state index contributed by atoms with van der Waals surface area (Å²) in [5, 5.41) is 8.24. The van der Waals surface area contributed by atoms with E-state index in [1.165, 1.54) is 11.3 Å². The molecule has 1 heterocycles. The molecule has 1 amide bonds. The molecule has 21 heavy (non-hydrogen) atoms. The standard InChI is InChI=1S/C16H20N2O2S/c1-11-8-9-21-15(11)16(19)18-14-7-5-4-6-13(14)17-12(2)10-20-3/h4-9,12,17H,10H2,1-3H3,(H,18,19)/t12-/m0/s1. The fraction of sp³-hybridized carbons (Fsp3) is 0.312. The van der Waals surface area contributed by atoms with Gasteiger partial charge in [-0.1, -0.05) is 12.1 Å². The van der Waals surface area contributed by atoms with Crippen LogP contribution in [0.25, 0.3) is 0 Å². The van der Waals surface area contributed by atoms with Crippen molar-refractivity contribution in [3.63, 3.8) is 0 Å². The highest BCUT2D eigenvalue weighted by Crippen LogP contribution is 2.24. The number of rotatable bonds is 6. The van der Waals surface area contributed by atoms with Crippen LogP contribution in [0.2, 0.25) is 0 Å². The summed E-state index contributed by atoms with van der Waals surface area (Å²) in [6.07, 6.45) is 0. The van der Waals surface area contributed by atoms with Gasteiger partial charge in [0.1, 0.15) is 0 Å². The summed E-state index contributed by atoms with van der Waals surface area (Å²) in [7, 11) is 1.67. The van der Waals surface area contributed by atoms with Crippen LogP contribution in [-0.2, 0) is 4.74 Å². The van der Waals surface area contributed by atoms with Crippen LogP contribution in [0, 0.1) is 6.92 Å². The fourth-order valence-electron chi connectivity index (χ4n) is 2.06. The van der Waals surface area contributed by atoms with Crippen LogP contribution in [0.3, 0.4) is 0 Å². The van der Waals surface area contributed by atoms with Crippen LogP contribution in [0.4, 0.5) is 11.4 Å². The third kappa shape index (κ3) is 4.06. The lowest BCUT2D eigenvalue weighted by Crippen LogP contribution is -2.22. The molecule has 4 nitrogen and oxygen atoms in total. The Kier molecular flexibility index (Phi) is 5.36. The highest BCUT2D eigenvalue weighted by atomic mass is 32.1. The number of hydrogen-bond acceptors (Lipinski definition) is 4. The first-order valence-electron chi connectivity index (χ1n) is 6.81. The number of aryl methyl sites for hydroxylation is 1. The van der Waals surface area contributed by atoms with Gasteiger partial charge in [0.15, 0.2) is 0 Å². The lowest BCUT2D eigenvalue weighted by Gasteiger charge is -2.17. The number of thiophene rings is 1. The number of para-hydroxylation sites is 2. The van der Waals surface area contributed by atoms with Gasteiger partial charge in [0.2, 0.25) is 0 Å². The van der Waals surface area contributed by atoms with Gasteiger partial charge in [-0.3, -0.25) is 4.79 Å². The largest absolute Gasteiger partial charge is 0.383 e. The van der Waals surface area contributed by atoms with Gasteiger partial charge in [-0.25, -0.2) is 0 Å². The Bertz CT molecular complexity index is 610. The second-order valence-electron chi connectivity index (χ2n) is 4.93. The molecule has 0 aliphatic carbocycles. The predicted molar refractivity (Wildman–Crippen MR) is 88.4 cm³/mol. The van der Waals surface area contributed by atoms with Crippen molar-refractivity contribution in [3.05, 3.63) is 46.2 Å². The van der Waals surface area contributed by atoms with Crippen LogP contribution < -0.4 is 10.6 Å². The molecule has 0 unspecified atom stereocenters. The molecule has 2 N–H and O–H groups in total. The van der Waals surface area contributed by atoms with Gasteiger partial charge in [0.25, 0.3) is 5.91 Å². The third-order valence-corrected chi connectivity index (χ3v) is 4.08. The maximum absolute atomic E-state index is 12.3. The summed E-state index contributed by atoms with van der Waals surface area (Å²) < 4.78 is 5.12. The molecule has 0 saturated heterocycles. The van der Waals surface area contributed by atoms with Crippen molar-refractivity contribution in [2.45, 2.75) is 19.9 Å². The molecule has 0 fully saturated rings. The number of ether oxygens (including phenoxy) is 1. The number of carbonyl (C=O) groups is 1. The van der Waals surface area contributed by atoms with E-state index in [1.54, 1.807) is 7.11 Å². The maximum atomic E-state index is 12.3. The highest BCUT2D eigenvalue weighted by Gasteiger charge is 2.13. The summed E-state index contributed by atoms with van der Waals surface area (Å²) in [6.45, 7) is 4.58. The van der Waals surface area contributed by atoms with Crippen molar-refractivity contribution in [1.82, 2.24) is 0 Å². The van der Waals surface area contributed by atoms with Crippen molar-refractivity contribution in [3.8, 4) is 0 Å². The first-order chi connectivity index (χ1) is 10.1. The molecular weight excluding hydrogens is 284 g/mol. The van der Waals surface area contributed by atoms with Crippen LogP contribution in [-0.4, -0.2) is 25.7 Å². The lowest BCUT2D eigenvalue weighted by atomic mass is 10.2. The van der Waals surface area contributed by atoms with Gasteiger partial charge in [0, 0.05) is 13.2 Å². The molecule has 0 spiro atoms. The Morgan fingerprint density at radius 3 is 2.62 bits per heavy atom. The molecule has 112 valence electrons. The van der Waals surface area contributed by atoms with E-state index >= 15 is 0 Å². The average molecular weight is 304 g/mol. The number of hydrogen-bond donors (Lipinski definition) is 2. The van der Waals surface area contributed by atoms with E-state index in [1.807, 2.05) is 49.6 Å². The topological polar surface area (TPSA) is 50.4 Å². The summed E-state index contributed by atoms with van der Waals surface area (Å²) >= 11 is 1.45. The molecule has 0 bridgehead atoms. The zero-order valence-electron chi connectivity index (χ0n) is 12.5. The minimum Gasteiger partial charge on any atom is -0.383 e. The quantitative estimate of drug-likeness (QED) is 0.854. The van der Waals surface area contributed by atoms with Gasteiger partial charge in [-0.15, -0.1) is 11.3 Å². The summed E-state index contributed by atoms with van der Waals surface area (Å²) in [4.78, 5) is 13.1. The van der Waals surface area contributed by atoms with Crippen LogP contribution >= 0.6 is 11.3 Å². The summed E-state index contributed by atoms with van der Waals surface area (Å²) in [5.41, 5.74) is 2.67. The number of anilines is 2. The number of methoxy groups -OCH3 is 1. The molecule has 0 aliphatic heterocycles. The first-order valence-corrected chi connectivity index (χ1v) is 7.69. The lowest BCUT2D eigenvalue weighted by molar-refractivity contribution is 0.103. The molecule has 0 radical (unpaired) electrons. The van der Waals surface area contributed by atoms with E-state index in [9.17, 15) is 4.79 Å². The molecule has 5 heteroatoms. The zero-order valence-corrected chi connectivity index (χ0v) is 13.3. The molecule has 2 aromatic rings. The predicted octanol–water partition coefficient (Wildman–Crippen LogP) is 3.76. The number of amides is 1. The van der Waals surface area contributed by atoms with Crippen molar-refractivity contribution in [2.24, 2.45) is 0 Å².